The highest BCUT2D eigenvalue weighted by molar-refractivity contribution is 7.19. The number of nitriles is 1. The van der Waals surface area contributed by atoms with Crippen LogP contribution in [-0.2, 0) is 4.79 Å². The third-order valence-electron chi connectivity index (χ3n) is 3.21. The maximum Gasteiger partial charge on any atom is 0.227 e. The molecule has 0 aliphatic rings. The smallest absolute Gasteiger partial charge is 0.227 e. The van der Waals surface area contributed by atoms with Crippen LogP contribution in [0, 0.1) is 17.2 Å². The first kappa shape index (κ1) is 16.0. The van der Waals surface area contributed by atoms with Gasteiger partial charge < -0.3 is 10.1 Å². The van der Waals surface area contributed by atoms with Crippen molar-refractivity contribution in [1.82, 2.24) is 4.98 Å². The van der Waals surface area contributed by atoms with Gasteiger partial charge in [0.1, 0.15) is 15.8 Å². The van der Waals surface area contributed by atoms with Crippen molar-refractivity contribution in [2.24, 2.45) is 5.92 Å². The van der Waals surface area contributed by atoms with Crippen molar-refractivity contribution in [3.8, 4) is 22.4 Å². The quantitative estimate of drug-likeness (QED) is 0.882. The molecule has 1 amide bonds. The van der Waals surface area contributed by atoms with Gasteiger partial charge in [0.15, 0.2) is 0 Å². The first-order valence-corrected chi connectivity index (χ1v) is 7.73. The second-order valence-corrected chi connectivity index (χ2v) is 5.88. The number of nitrogens with zero attached hydrogens (tertiary/aromatic N) is 2. The van der Waals surface area contributed by atoms with E-state index in [1.807, 2.05) is 31.2 Å². The lowest BCUT2D eigenvalue weighted by Gasteiger charge is -2.08. The van der Waals surface area contributed by atoms with Gasteiger partial charge in [0.05, 0.1) is 19.4 Å². The van der Waals surface area contributed by atoms with Gasteiger partial charge in [-0.05, 0) is 18.6 Å². The van der Waals surface area contributed by atoms with Gasteiger partial charge in [-0.2, -0.15) is 5.26 Å². The summed E-state index contributed by atoms with van der Waals surface area (Å²) in [5, 5.41) is 12.9. The Bertz CT molecular complexity index is 691. The monoisotopic (exact) mass is 315 g/mol. The molecule has 2 aromatic rings. The Kier molecular flexibility index (Phi) is 5.50. The highest BCUT2D eigenvalue weighted by Gasteiger charge is 2.14. The van der Waals surface area contributed by atoms with Crippen LogP contribution in [0.15, 0.2) is 30.5 Å². The summed E-state index contributed by atoms with van der Waals surface area (Å²) >= 11 is 1.41. The van der Waals surface area contributed by atoms with Crippen LogP contribution in [0.4, 0.5) is 5.00 Å². The number of methoxy groups -OCH3 is 1. The molecule has 1 aromatic heterocycles. The van der Waals surface area contributed by atoms with Crippen LogP contribution in [0.2, 0.25) is 0 Å². The van der Waals surface area contributed by atoms with Gasteiger partial charge in [0.25, 0.3) is 0 Å². The molecule has 0 radical (unpaired) electrons. The van der Waals surface area contributed by atoms with E-state index in [4.69, 9.17) is 10.00 Å². The van der Waals surface area contributed by atoms with Gasteiger partial charge in [-0.3, -0.25) is 4.79 Å². The van der Waals surface area contributed by atoms with E-state index >= 15 is 0 Å². The molecule has 0 aliphatic carbocycles. The average Bonchev–Trinajstić information content (AvgIpc) is 3.01. The van der Waals surface area contributed by atoms with Gasteiger partial charge >= 0.3 is 0 Å². The Balaban J connectivity index is 2.05. The maximum absolute atomic E-state index is 12.0. The lowest BCUT2D eigenvalue weighted by Crippen LogP contribution is -2.19. The van der Waals surface area contributed by atoms with E-state index in [2.05, 4.69) is 16.4 Å². The Morgan fingerprint density at radius 1 is 1.55 bits per heavy atom. The lowest BCUT2D eigenvalue weighted by molar-refractivity contribution is -0.119. The van der Waals surface area contributed by atoms with Crippen LogP contribution < -0.4 is 10.1 Å². The SMILES string of the molecule is COc1cccc(-c2ncc(NC(=O)[C@H](C)CCC#N)s2)c1. The molecule has 0 fully saturated rings. The van der Waals surface area contributed by atoms with Crippen molar-refractivity contribution in [3.63, 3.8) is 0 Å². The van der Waals surface area contributed by atoms with Crippen LogP contribution in [0.25, 0.3) is 10.6 Å². The summed E-state index contributed by atoms with van der Waals surface area (Å²) in [7, 11) is 1.62. The van der Waals surface area contributed by atoms with Crippen LogP contribution in [0.1, 0.15) is 19.8 Å². The van der Waals surface area contributed by atoms with E-state index < -0.39 is 0 Å². The topological polar surface area (TPSA) is 75.0 Å². The summed E-state index contributed by atoms with van der Waals surface area (Å²) in [6.45, 7) is 1.82. The second kappa shape index (κ2) is 7.57. The molecule has 1 aromatic carbocycles. The van der Waals surface area contributed by atoms with Crippen molar-refractivity contribution in [2.75, 3.05) is 12.4 Å². The molecule has 22 heavy (non-hydrogen) atoms. The van der Waals surface area contributed by atoms with Crippen LogP contribution in [0.5, 0.6) is 5.75 Å². The molecular formula is C16H17N3O2S. The fourth-order valence-corrected chi connectivity index (χ4v) is 2.69. The number of hydrogen-bond donors (Lipinski definition) is 1. The zero-order chi connectivity index (χ0) is 15.9. The summed E-state index contributed by atoms with van der Waals surface area (Å²) in [5.74, 6) is 0.488. The molecule has 1 N–H and O–H groups in total. The molecule has 6 heteroatoms. The minimum Gasteiger partial charge on any atom is -0.497 e. The van der Waals surface area contributed by atoms with Gasteiger partial charge in [-0.25, -0.2) is 4.98 Å². The summed E-state index contributed by atoms with van der Waals surface area (Å²) in [6, 6.07) is 9.67. The zero-order valence-corrected chi connectivity index (χ0v) is 13.3. The van der Waals surface area contributed by atoms with Crippen molar-refractivity contribution in [3.05, 3.63) is 30.5 Å². The molecule has 0 aliphatic heterocycles. The van der Waals surface area contributed by atoms with Crippen molar-refractivity contribution < 1.29 is 9.53 Å². The van der Waals surface area contributed by atoms with E-state index in [9.17, 15) is 4.79 Å². The fourth-order valence-electron chi connectivity index (χ4n) is 1.88. The molecule has 0 unspecified atom stereocenters. The number of carbonyl (C=O) groups excluding carboxylic acids is 1. The summed E-state index contributed by atoms with van der Waals surface area (Å²) in [4.78, 5) is 16.3. The number of benzene rings is 1. The predicted octanol–water partition coefficient (Wildman–Crippen LogP) is 3.70. The molecule has 2 rings (SSSR count). The molecule has 1 atom stereocenters. The Morgan fingerprint density at radius 2 is 2.36 bits per heavy atom. The Labute approximate surface area is 133 Å². The Morgan fingerprint density at radius 3 is 3.09 bits per heavy atom. The maximum atomic E-state index is 12.0. The van der Waals surface area contributed by atoms with Gasteiger partial charge in [0, 0.05) is 17.9 Å². The van der Waals surface area contributed by atoms with E-state index in [0.717, 1.165) is 16.3 Å². The van der Waals surface area contributed by atoms with Gasteiger partial charge in [-0.15, -0.1) is 0 Å². The normalized spacial score (nSPS) is 11.5. The number of hydrogen-bond acceptors (Lipinski definition) is 5. The van der Waals surface area contributed by atoms with Crippen molar-refractivity contribution >= 4 is 22.2 Å². The number of aromatic nitrogens is 1. The molecular weight excluding hydrogens is 298 g/mol. The van der Waals surface area contributed by atoms with E-state index in [-0.39, 0.29) is 11.8 Å². The number of ether oxygens (including phenoxy) is 1. The van der Waals surface area contributed by atoms with Gasteiger partial charge in [-0.1, -0.05) is 30.4 Å². The zero-order valence-electron chi connectivity index (χ0n) is 12.5. The minimum atomic E-state index is -0.193. The summed E-state index contributed by atoms with van der Waals surface area (Å²) in [5.41, 5.74) is 0.947. The molecule has 114 valence electrons. The van der Waals surface area contributed by atoms with Crippen LogP contribution in [-0.4, -0.2) is 18.0 Å². The largest absolute Gasteiger partial charge is 0.497 e. The average molecular weight is 315 g/mol. The molecule has 0 saturated heterocycles. The van der Waals surface area contributed by atoms with Crippen LogP contribution in [0.3, 0.4) is 0 Å². The van der Waals surface area contributed by atoms with Crippen molar-refractivity contribution in [1.29, 1.82) is 5.26 Å². The number of carbonyl (C=O) groups is 1. The third-order valence-corrected chi connectivity index (χ3v) is 4.17. The molecule has 1 heterocycles. The van der Waals surface area contributed by atoms with E-state index in [0.29, 0.717) is 17.8 Å². The molecule has 0 spiro atoms. The predicted molar refractivity (Wildman–Crippen MR) is 86.7 cm³/mol. The highest BCUT2D eigenvalue weighted by atomic mass is 32.1. The minimum absolute atomic E-state index is 0.0870. The third kappa shape index (κ3) is 4.06. The van der Waals surface area contributed by atoms with Crippen molar-refractivity contribution in [2.45, 2.75) is 19.8 Å². The number of rotatable bonds is 6. The molecule has 5 nitrogen and oxygen atoms in total. The lowest BCUT2D eigenvalue weighted by atomic mass is 10.1. The number of thiazole rings is 1. The molecule has 0 bridgehead atoms. The van der Waals surface area contributed by atoms with Crippen LogP contribution >= 0.6 is 11.3 Å². The number of amides is 1. The standard InChI is InChI=1S/C16H17N3O2S/c1-11(5-4-8-17)15(20)19-14-10-18-16(22-14)12-6-3-7-13(9-12)21-2/h3,6-7,9-11H,4-5H2,1-2H3,(H,19,20)/t11-/m1/s1. The molecule has 0 saturated carbocycles. The highest BCUT2D eigenvalue weighted by Crippen LogP contribution is 2.30. The first-order valence-electron chi connectivity index (χ1n) is 6.92. The summed E-state index contributed by atoms with van der Waals surface area (Å²) in [6.07, 6.45) is 2.59. The first-order chi connectivity index (χ1) is 10.6. The van der Waals surface area contributed by atoms with Gasteiger partial charge in [0.2, 0.25) is 5.91 Å². The van der Waals surface area contributed by atoms with E-state index in [1.165, 1.54) is 11.3 Å². The Hall–Kier alpha value is -2.39. The number of nitrogens with one attached hydrogen (secondary N) is 1. The summed E-state index contributed by atoms with van der Waals surface area (Å²) < 4.78 is 5.20. The number of anilines is 1. The van der Waals surface area contributed by atoms with E-state index in [1.54, 1.807) is 13.3 Å². The second-order valence-electron chi connectivity index (χ2n) is 4.85. The fraction of sp³-hybridized carbons (Fsp3) is 0.312.